The van der Waals surface area contributed by atoms with Gasteiger partial charge in [-0.3, -0.25) is 10.1 Å². The van der Waals surface area contributed by atoms with Gasteiger partial charge in [0, 0.05) is 13.1 Å². The van der Waals surface area contributed by atoms with E-state index in [9.17, 15) is 10.1 Å². The van der Waals surface area contributed by atoms with E-state index in [0.29, 0.717) is 5.82 Å². The predicted molar refractivity (Wildman–Crippen MR) is 77.5 cm³/mol. The molecule has 1 aromatic heterocycles. The Bertz CT molecular complexity index is 486. The fourth-order valence-corrected chi connectivity index (χ4v) is 2.88. The van der Waals surface area contributed by atoms with E-state index in [4.69, 9.17) is 5.73 Å². The number of hydrogen-bond donors (Lipinski definition) is 1. The fraction of sp³-hybridized carbons (Fsp3) is 0.692. The summed E-state index contributed by atoms with van der Waals surface area (Å²) in [5.41, 5.74) is 5.48. The summed E-state index contributed by atoms with van der Waals surface area (Å²) >= 11 is 0. The van der Waals surface area contributed by atoms with Crippen molar-refractivity contribution < 1.29 is 4.92 Å². The van der Waals surface area contributed by atoms with Crippen LogP contribution >= 0.6 is 0 Å². The van der Waals surface area contributed by atoms with Crippen LogP contribution in [0.5, 0.6) is 0 Å². The Labute approximate surface area is 118 Å². The summed E-state index contributed by atoms with van der Waals surface area (Å²) in [6.07, 6.45) is 6.80. The molecule has 1 aromatic rings. The van der Waals surface area contributed by atoms with Crippen LogP contribution in [0.3, 0.4) is 0 Å². The van der Waals surface area contributed by atoms with Gasteiger partial charge in [0.25, 0.3) is 0 Å². The molecule has 0 aliphatic heterocycles. The summed E-state index contributed by atoms with van der Waals surface area (Å²) in [5.74, 6) is 1.17. The first-order chi connectivity index (χ1) is 9.52. The largest absolute Gasteiger partial charge is 0.368 e. The molecule has 7 heteroatoms. The van der Waals surface area contributed by atoms with Crippen LogP contribution in [0, 0.1) is 16.0 Å². The highest BCUT2D eigenvalue weighted by Crippen LogP contribution is 2.33. The van der Waals surface area contributed by atoms with Crippen molar-refractivity contribution in [2.45, 2.75) is 45.1 Å². The summed E-state index contributed by atoms with van der Waals surface area (Å²) in [4.78, 5) is 20.3. The van der Waals surface area contributed by atoms with Crippen LogP contribution in [-0.4, -0.2) is 28.0 Å². The van der Waals surface area contributed by atoms with Gasteiger partial charge < -0.3 is 10.6 Å². The lowest BCUT2D eigenvalue weighted by Gasteiger charge is -2.34. The molecule has 0 spiro atoms. The minimum absolute atomic E-state index is 0.0692. The topological polar surface area (TPSA) is 98.2 Å². The minimum atomic E-state index is -0.455. The lowest BCUT2D eigenvalue weighted by atomic mass is 9.84. The Hall–Kier alpha value is -1.92. The van der Waals surface area contributed by atoms with Crippen LogP contribution in [0.4, 0.5) is 17.5 Å². The number of rotatable bonds is 4. The number of hydrogen-bond acceptors (Lipinski definition) is 6. The van der Waals surface area contributed by atoms with Gasteiger partial charge in [0.15, 0.2) is 0 Å². The summed E-state index contributed by atoms with van der Waals surface area (Å²) in [5, 5.41) is 11.1. The molecule has 2 rings (SSSR count). The van der Waals surface area contributed by atoms with E-state index in [1.54, 1.807) is 0 Å². The molecule has 1 aliphatic rings. The maximum absolute atomic E-state index is 11.1. The van der Waals surface area contributed by atoms with Crippen molar-refractivity contribution >= 4 is 17.5 Å². The first kappa shape index (κ1) is 14.5. The molecule has 2 N–H and O–H groups in total. The Balaban J connectivity index is 2.18. The second-order valence-corrected chi connectivity index (χ2v) is 5.39. The van der Waals surface area contributed by atoms with E-state index in [0.717, 1.165) is 18.8 Å². The highest BCUT2D eigenvalue weighted by atomic mass is 16.6. The SMILES string of the molecule is CCC1CCC(N(C)c2nc(N)ncc2[N+](=O)[O-])CC1. The number of nitro groups is 1. The van der Waals surface area contributed by atoms with Crippen molar-refractivity contribution in [3.63, 3.8) is 0 Å². The van der Waals surface area contributed by atoms with Crippen molar-refractivity contribution in [3.8, 4) is 0 Å². The molecule has 0 saturated heterocycles. The minimum Gasteiger partial charge on any atom is -0.368 e. The van der Waals surface area contributed by atoms with Gasteiger partial charge in [0.05, 0.1) is 4.92 Å². The highest BCUT2D eigenvalue weighted by Gasteiger charge is 2.28. The Morgan fingerprint density at radius 2 is 2.10 bits per heavy atom. The van der Waals surface area contributed by atoms with Gasteiger partial charge in [-0.1, -0.05) is 13.3 Å². The lowest BCUT2D eigenvalue weighted by Crippen LogP contribution is -2.36. The molecular weight excluding hydrogens is 258 g/mol. The maximum Gasteiger partial charge on any atom is 0.329 e. The zero-order valence-electron chi connectivity index (χ0n) is 12.0. The standard InChI is InChI=1S/C13H21N5O2/c1-3-9-4-6-10(7-5-9)17(2)12-11(18(19)20)8-15-13(14)16-12/h8-10H,3-7H2,1-2H3,(H2,14,15,16). The van der Waals surface area contributed by atoms with Crippen molar-refractivity contribution in [3.05, 3.63) is 16.3 Å². The van der Waals surface area contributed by atoms with Crippen LogP contribution in [0.2, 0.25) is 0 Å². The van der Waals surface area contributed by atoms with E-state index in [1.807, 2.05) is 11.9 Å². The van der Waals surface area contributed by atoms with E-state index < -0.39 is 4.92 Å². The molecule has 1 fully saturated rings. The van der Waals surface area contributed by atoms with E-state index >= 15 is 0 Å². The molecule has 1 heterocycles. The maximum atomic E-state index is 11.1. The van der Waals surface area contributed by atoms with E-state index in [-0.39, 0.29) is 17.7 Å². The summed E-state index contributed by atoms with van der Waals surface area (Å²) in [6, 6.07) is 0.283. The van der Waals surface area contributed by atoms with E-state index in [2.05, 4.69) is 16.9 Å². The Kier molecular flexibility index (Phi) is 4.36. The number of nitrogens with zero attached hydrogens (tertiary/aromatic N) is 4. The average Bonchev–Trinajstić information content (AvgIpc) is 2.46. The molecule has 110 valence electrons. The van der Waals surface area contributed by atoms with Crippen LogP contribution in [0.15, 0.2) is 6.20 Å². The van der Waals surface area contributed by atoms with Crippen molar-refractivity contribution in [2.24, 2.45) is 5.92 Å². The molecule has 0 radical (unpaired) electrons. The van der Waals surface area contributed by atoms with Gasteiger partial charge >= 0.3 is 5.69 Å². The van der Waals surface area contributed by atoms with Crippen molar-refractivity contribution in [2.75, 3.05) is 17.7 Å². The van der Waals surface area contributed by atoms with Crippen molar-refractivity contribution in [1.29, 1.82) is 0 Å². The van der Waals surface area contributed by atoms with Gasteiger partial charge in [0.2, 0.25) is 11.8 Å². The fourth-order valence-electron chi connectivity index (χ4n) is 2.88. The van der Waals surface area contributed by atoms with Crippen LogP contribution in [-0.2, 0) is 0 Å². The normalized spacial score (nSPS) is 22.5. The molecular formula is C13H21N5O2. The molecule has 0 bridgehead atoms. The second kappa shape index (κ2) is 6.02. The first-order valence-corrected chi connectivity index (χ1v) is 7.02. The van der Waals surface area contributed by atoms with Gasteiger partial charge in [-0.15, -0.1) is 0 Å². The summed E-state index contributed by atoms with van der Waals surface area (Å²) in [6.45, 7) is 2.21. The Morgan fingerprint density at radius 1 is 1.45 bits per heavy atom. The molecule has 0 aromatic carbocycles. The number of nitrogen functional groups attached to an aromatic ring is 1. The molecule has 0 amide bonds. The predicted octanol–water partition coefficient (Wildman–Crippen LogP) is 2.37. The van der Waals surface area contributed by atoms with Gasteiger partial charge in [-0.05, 0) is 31.6 Å². The lowest BCUT2D eigenvalue weighted by molar-refractivity contribution is -0.384. The monoisotopic (exact) mass is 279 g/mol. The molecule has 20 heavy (non-hydrogen) atoms. The van der Waals surface area contributed by atoms with Gasteiger partial charge in [-0.25, -0.2) is 4.98 Å². The molecule has 1 aliphatic carbocycles. The molecule has 0 atom stereocenters. The smallest absolute Gasteiger partial charge is 0.329 e. The number of anilines is 2. The third kappa shape index (κ3) is 2.97. The van der Waals surface area contributed by atoms with E-state index in [1.165, 1.54) is 25.5 Å². The molecule has 1 saturated carbocycles. The van der Waals surface area contributed by atoms with Gasteiger partial charge in [0.1, 0.15) is 6.20 Å². The van der Waals surface area contributed by atoms with Crippen molar-refractivity contribution in [1.82, 2.24) is 9.97 Å². The molecule has 0 unspecified atom stereocenters. The quantitative estimate of drug-likeness (QED) is 0.671. The highest BCUT2D eigenvalue weighted by molar-refractivity contribution is 5.58. The van der Waals surface area contributed by atoms with Crippen LogP contribution in [0.25, 0.3) is 0 Å². The molecule has 7 nitrogen and oxygen atoms in total. The van der Waals surface area contributed by atoms with Gasteiger partial charge in [-0.2, -0.15) is 4.98 Å². The van der Waals surface area contributed by atoms with Crippen LogP contribution < -0.4 is 10.6 Å². The van der Waals surface area contributed by atoms with Crippen LogP contribution in [0.1, 0.15) is 39.0 Å². The zero-order chi connectivity index (χ0) is 14.7. The number of nitrogens with two attached hydrogens (primary N) is 1. The second-order valence-electron chi connectivity index (χ2n) is 5.39. The summed E-state index contributed by atoms with van der Waals surface area (Å²) < 4.78 is 0. The number of aromatic nitrogens is 2. The first-order valence-electron chi connectivity index (χ1n) is 7.02. The third-order valence-electron chi connectivity index (χ3n) is 4.24. The summed E-state index contributed by atoms with van der Waals surface area (Å²) in [7, 11) is 1.85. The average molecular weight is 279 g/mol. The third-order valence-corrected chi connectivity index (χ3v) is 4.24. The zero-order valence-corrected chi connectivity index (χ0v) is 12.0. The Morgan fingerprint density at radius 3 is 2.65 bits per heavy atom.